The van der Waals surface area contributed by atoms with Gasteiger partial charge in [0.1, 0.15) is 0 Å². The Morgan fingerprint density at radius 3 is 3.25 bits per heavy atom. The highest BCUT2D eigenvalue weighted by Gasteiger charge is 2.05. The van der Waals surface area contributed by atoms with Crippen molar-refractivity contribution in [1.82, 2.24) is 14.9 Å². The molecule has 0 fully saturated rings. The van der Waals surface area contributed by atoms with E-state index in [1.807, 2.05) is 0 Å². The average molecular weight is 183 g/mol. The van der Waals surface area contributed by atoms with Crippen molar-refractivity contribution in [3.63, 3.8) is 0 Å². The van der Waals surface area contributed by atoms with Gasteiger partial charge in [0.25, 0.3) is 5.91 Å². The zero-order valence-corrected chi connectivity index (χ0v) is 7.30. The van der Waals surface area contributed by atoms with Crippen LogP contribution in [0.3, 0.4) is 0 Å². The summed E-state index contributed by atoms with van der Waals surface area (Å²) in [6.07, 6.45) is 2.52. The molecule has 1 heterocycles. The summed E-state index contributed by atoms with van der Waals surface area (Å²) in [4.78, 5) is 11.1. The number of rotatable bonds is 4. The molecule has 0 unspecified atom stereocenters. The van der Waals surface area contributed by atoms with Crippen molar-refractivity contribution in [2.24, 2.45) is 0 Å². The summed E-state index contributed by atoms with van der Waals surface area (Å²) in [5.41, 5.74) is 0.379. The van der Waals surface area contributed by atoms with Gasteiger partial charge in [-0.25, -0.2) is 0 Å². The Balaban J connectivity index is 2.34. The van der Waals surface area contributed by atoms with Gasteiger partial charge in [-0.15, -0.1) is 11.7 Å². The van der Waals surface area contributed by atoms with E-state index < -0.39 is 0 Å². The fraction of sp³-hybridized carbons (Fsp3) is 0.286. The highest BCUT2D eigenvalue weighted by molar-refractivity contribution is 7.03. The first-order valence-electron chi connectivity index (χ1n) is 3.50. The van der Waals surface area contributed by atoms with Gasteiger partial charge in [-0.05, 0) is 18.0 Å². The number of nitrogens with one attached hydrogen (secondary N) is 1. The smallest absolute Gasteiger partial charge is 0.272 e. The second kappa shape index (κ2) is 4.61. The molecule has 4 nitrogen and oxygen atoms in total. The van der Waals surface area contributed by atoms with E-state index >= 15 is 0 Å². The van der Waals surface area contributed by atoms with Gasteiger partial charge in [0.15, 0.2) is 5.69 Å². The summed E-state index contributed by atoms with van der Waals surface area (Å²) in [6, 6.07) is 0. The number of amides is 1. The summed E-state index contributed by atoms with van der Waals surface area (Å²) in [7, 11) is 0. The van der Waals surface area contributed by atoms with Crippen LogP contribution in [-0.4, -0.2) is 22.0 Å². The lowest BCUT2D eigenvalue weighted by Gasteiger charge is -1.97. The largest absolute Gasteiger partial charge is 0.350 e. The molecule has 0 saturated carbocycles. The van der Waals surface area contributed by atoms with E-state index in [1.54, 1.807) is 11.5 Å². The number of carbonyl (C=O) groups excluding carboxylic acids is 1. The fourth-order valence-corrected chi connectivity index (χ4v) is 1.08. The Kier molecular flexibility index (Phi) is 3.40. The first kappa shape index (κ1) is 8.86. The summed E-state index contributed by atoms with van der Waals surface area (Å²) in [5, 5.41) is 7.92. The Labute approximate surface area is 74.5 Å². The van der Waals surface area contributed by atoms with Crippen molar-refractivity contribution in [1.29, 1.82) is 0 Å². The van der Waals surface area contributed by atoms with Crippen LogP contribution in [0.5, 0.6) is 0 Å². The lowest BCUT2D eigenvalue weighted by molar-refractivity contribution is 0.0949. The van der Waals surface area contributed by atoms with Crippen molar-refractivity contribution in [2.45, 2.75) is 6.42 Å². The Morgan fingerprint density at radius 2 is 2.67 bits per heavy atom. The van der Waals surface area contributed by atoms with Crippen molar-refractivity contribution < 1.29 is 4.79 Å². The van der Waals surface area contributed by atoms with E-state index in [4.69, 9.17) is 0 Å². The third-order valence-corrected chi connectivity index (χ3v) is 1.73. The van der Waals surface area contributed by atoms with Crippen molar-refractivity contribution >= 4 is 17.4 Å². The number of nitrogens with zero attached hydrogens (tertiary/aromatic N) is 2. The molecule has 0 aliphatic heterocycles. The van der Waals surface area contributed by atoms with Crippen LogP contribution in [0.25, 0.3) is 0 Å². The lowest BCUT2D eigenvalue weighted by atomic mass is 10.4. The molecule has 0 bridgehead atoms. The van der Waals surface area contributed by atoms with Crippen molar-refractivity contribution in [3.8, 4) is 0 Å². The van der Waals surface area contributed by atoms with Gasteiger partial charge < -0.3 is 5.32 Å². The van der Waals surface area contributed by atoms with Gasteiger partial charge in [0.2, 0.25) is 0 Å². The SMILES string of the molecule is C=CCCNC(=O)c1csnn1. The third-order valence-electron chi connectivity index (χ3n) is 1.23. The molecule has 0 aliphatic rings. The second-order valence-corrected chi connectivity index (χ2v) is 2.73. The summed E-state index contributed by atoms with van der Waals surface area (Å²) >= 11 is 1.17. The molecule has 64 valence electrons. The van der Waals surface area contributed by atoms with Gasteiger partial charge in [-0.1, -0.05) is 10.6 Å². The summed E-state index contributed by atoms with van der Waals surface area (Å²) < 4.78 is 3.58. The molecular formula is C7H9N3OS. The Bertz CT molecular complexity index is 258. The Morgan fingerprint density at radius 1 is 1.83 bits per heavy atom. The average Bonchev–Trinajstić information content (AvgIpc) is 2.56. The van der Waals surface area contributed by atoms with Gasteiger partial charge in [-0.2, -0.15) is 0 Å². The van der Waals surface area contributed by atoms with Gasteiger partial charge in [0, 0.05) is 11.9 Å². The quantitative estimate of drug-likeness (QED) is 0.556. The zero-order chi connectivity index (χ0) is 8.81. The molecule has 1 aromatic rings. The summed E-state index contributed by atoms with van der Waals surface area (Å²) in [6.45, 7) is 4.14. The van der Waals surface area contributed by atoms with Gasteiger partial charge in [-0.3, -0.25) is 4.79 Å². The van der Waals surface area contributed by atoms with E-state index in [2.05, 4.69) is 21.5 Å². The molecule has 1 N–H and O–H groups in total. The highest BCUT2D eigenvalue weighted by Crippen LogP contribution is 1.95. The van der Waals surface area contributed by atoms with E-state index in [0.29, 0.717) is 12.2 Å². The molecule has 0 aliphatic carbocycles. The molecular weight excluding hydrogens is 174 g/mol. The van der Waals surface area contributed by atoms with Crippen molar-refractivity contribution in [2.75, 3.05) is 6.54 Å². The molecule has 5 heteroatoms. The summed E-state index contributed by atoms with van der Waals surface area (Å²) in [5.74, 6) is -0.175. The third kappa shape index (κ3) is 2.43. The number of hydrogen-bond donors (Lipinski definition) is 1. The predicted molar refractivity (Wildman–Crippen MR) is 47.1 cm³/mol. The second-order valence-electron chi connectivity index (χ2n) is 2.12. The van der Waals surface area contributed by atoms with Gasteiger partial charge in [0.05, 0.1) is 0 Å². The van der Waals surface area contributed by atoms with E-state index in [9.17, 15) is 4.79 Å². The molecule has 1 amide bonds. The van der Waals surface area contributed by atoms with Crippen LogP contribution in [0.4, 0.5) is 0 Å². The normalized spacial score (nSPS) is 9.33. The molecule has 0 atom stereocenters. The van der Waals surface area contributed by atoms with Crippen LogP contribution in [0.2, 0.25) is 0 Å². The predicted octanol–water partition coefficient (Wildman–Crippen LogP) is 0.844. The molecule has 1 aromatic heterocycles. The first-order chi connectivity index (χ1) is 5.84. The highest BCUT2D eigenvalue weighted by atomic mass is 32.1. The first-order valence-corrected chi connectivity index (χ1v) is 4.34. The van der Waals surface area contributed by atoms with Crippen molar-refractivity contribution in [3.05, 3.63) is 23.7 Å². The number of carbonyl (C=O) groups is 1. The van der Waals surface area contributed by atoms with E-state index in [0.717, 1.165) is 6.42 Å². The van der Waals surface area contributed by atoms with Crippen LogP contribution >= 0.6 is 11.5 Å². The van der Waals surface area contributed by atoms with Crippen LogP contribution in [0, 0.1) is 0 Å². The maximum Gasteiger partial charge on any atom is 0.272 e. The molecule has 1 rings (SSSR count). The molecule has 0 saturated heterocycles. The van der Waals surface area contributed by atoms with Crippen LogP contribution in [0.1, 0.15) is 16.9 Å². The van der Waals surface area contributed by atoms with Crippen LogP contribution < -0.4 is 5.32 Å². The Hall–Kier alpha value is -1.23. The zero-order valence-electron chi connectivity index (χ0n) is 6.49. The lowest BCUT2D eigenvalue weighted by Crippen LogP contribution is -2.24. The van der Waals surface area contributed by atoms with Crippen LogP contribution in [0.15, 0.2) is 18.0 Å². The topological polar surface area (TPSA) is 54.9 Å². The maximum atomic E-state index is 11.1. The molecule has 0 spiro atoms. The standard InChI is InChI=1S/C7H9N3OS/c1-2-3-4-8-7(11)6-5-12-10-9-6/h2,5H,1,3-4H2,(H,8,11). The minimum atomic E-state index is -0.175. The number of hydrogen-bond acceptors (Lipinski definition) is 4. The molecule has 0 radical (unpaired) electrons. The monoisotopic (exact) mass is 183 g/mol. The van der Waals surface area contributed by atoms with Crippen LogP contribution in [-0.2, 0) is 0 Å². The molecule has 12 heavy (non-hydrogen) atoms. The van der Waals surface area contributed by atoms with E-state index in [1.165, 1.54) is 11.5 Å². The van der Waals surface area contributed by atoms with Gasteiger partial charge >= 0.3 is 0 Å². The number of aromatic nitrogens is 2. The minimum Gasteiger partial charge on any atom is -0.350 e. The fourth-order valence-electron chi connectivity index (χ4n) is 0.642. The maximum absolute atomic E-state index is 11.1. The minimum absolute atomic E-state index is 0.175. The molecule has 0 aromatic carbocycles. The van der Waals surface area contributed by atoms with E-state index in [-0.39, 0.29) is 5.91 Å².